The highest BCUT2D eigenvalue weighted by atomic mass is 32.2. The molecule has 218 valence electrons. The SMILES string of the molecule is C[C@H]1[C@@H](CSCCO)O[C@@H](c2cccc(-c3cccc(CNC(=O)c4cccnc4)c3)c2)O[C@H]1c1ccc(CO)cc1. The molecule has 7 nitrogen and oxygen atoms in total. The maximum Gasteiger partial charge on any atom is 0.253 e. The fourth-order valence-electron chi connectivity index (χ4n) is 5.08. The quantitative estimate of drug-likeness (QED) is 0.195. The molecule has 42 heavy (non-hydrogen) atoms. The van der Waals surface area contributed by atoms with E-state index in [1.165, 1.54) is 0 Å². The smallest absolute Gasteiger partial charge is 0.253 e. The van der Waals surface area contributed by atoms with Crippen LogP contribution >= 0.6 is 11.8 Å². The first-order chi connectivity index (χ1) is 20.6. The number of ether oxygens (including phenoxy) is 2. The van der Waals surface area contributed by atoms with Crippen LogP contribution in [0, 0.1) is 5.92 Å². The normalized spacial score (nSPS) is 20.3. The number of hydrogen-bond acceptors (Lipinski definition) is 7. The molecule has 5 rings (SSSR count). The van der Waals surface area contributed by atoms with Gasteiger partial charge in [-0.2, -0.15) is 11.8 Å². The highest BCUT2D eigenvalue weighted by Crippen LogP contribution is 2.43. The van der Waals surface area contributed by atoms with Crippen LogP contribution < -0.4 is 5.32 Å². The van der Waals surface area contributed by atoms with Gasteiger partial charge in [0.25, 0.3) is 5.91 Å². The standard InChI is InChI=1S/C34H36N2O5S/c1-23-31(22-42-16-15-37)40-34(41-32(23)26-12-10-24(21-38)11-13-26)29-8-3-7-28(18-29)27-6-2-5-25(17-27)19-36-33(39)30-9-4-14-35-20-30/h2-14,17-18,20,23,31-32,34,37-38H,15-16,19,21-22H2,1H3,(H,36,39)/t23-,31+,32+,34+/m0/s1. The molecule has 1 aliphatic rings. The summed E-state index contributed by atoms with van der Waals surface area (Å²) in [5.41, 5.74) is 6.39. The van der Waals surface area contributed by atoms with Crippen molar-refractivity contribution in [1.82, 2.24) is 10.3 Å². The van der Waals surface area contributed by atoms with Crippen molar-refractivity contribution < 1.29 is 24.5 Å². The number of thioether (sulfide) groups is 1. The number of pyridine rings is 1. The molecule has 0 bridgehead atoms. The number of aromatic nitrogens is 1. The predicted molar refractivity (Wildman–Crippen MR) is 165 cm³/mol. The van der Waals surface area contributed by atoms with Crippen molar-refractivity contribution in [3.8, 4) is 11.1 Å². The number of nitrogens with zero attached hydrogens (tertiary/aromatic N) is 1. The molecule has 2 heterocycles. The first kappa shape index (κ1) is 29.9. The van der Waals surface area contributed by atoms with E-state index in [4.69, 9.17) is 9.47 Å². The van der Waals surface area contributed by atoms with Crippen molar-refractivity contribution in [2.75, 3.05) is 18.1 Å². The fraction of sp³-hybridized carbons (Fsp3) is 0.294. The van der Waals surface area contributed by atoms with Gasteiger partial charge in [0.05, 0.1) is 31.0 Å². The van der Waals surface area contributed by atoms with Crippen LogP contribution in [0.1, 0.15) is 51.9 Å². The van der Waals surface area contributed by atoms with Crippen molar-refractivity contribution in [2.45, 2.75) is 38.6 Å². The summed E-state index contributed by atoms with van der Waals surface area (Å²) < 4.78 is 13.1. The Bertz CT molecular complexity index is 1450. The van der Waals surface area contributed by atoms with Crippen molar-refractivity contribution in [1.29, 1.82) is 0 Å². The van der Waals surface area contributed by atoms with Crippen LogP contribution in [-0.4, -0.2) is 45.3 Å². The van der Waals surface area contributed by atoms with E-state index in [9.17, 15) is 15.0 Å². The molecule has 4 atom stereocenters. The number of benzene rings is 3. The lowest BCUT2D eigenvalue weighted by Gasteiger charge is -2.41. The van der Waals surface area contributed by atoms with Crippen molar-refractivity contribution >= 4 is 17.7 Å². The lowest BCUT2D eigenvalue weighted by atomic mass is 9.91. The van der Waals surface area contributed by atoms with E-state index >= 15 is 0 Å². The van der Waals surface area contributed by atoms with E-state index in [1.807, 2.05) is 48.5 Å². The second kappa shape index (κ2) is 14.6. The van der Waals surface area contributed by atoms with Gasteiger partial charge in [-0.05, 0) is 52.1 Å². The van der Waals surface area contributed by atoms with E-state index in [1.54, 1.807) is 36.3 Å². The number of rotatable bonds is 11. The predicted octanol–water partition coefficient (Wildman–Crippen LogP) is 5.69. The maximum atomic E-state index is 12.5. The number of nitrogens with one attached hydrogen (secondary N) is 1. The average Bonchev–Trinajstić information content (AvgIpc) is 3.05. The van der Waals surface area contributed by atoms with Crippen LogP contribution in [0.2, 0.25) is 0 Å². The Hall–Kier alpha value is -3.53. The number of aliphatic hydroxyl groups is 2. The van der Waals surface area contributed by atoms with Gasteiger partial charge in [0.1, 0.15) is 0 Å². The third-order valence-electron chi connectivity index (χ3n) is 7.44. The van der Waals surface area contributed by atoms with Crippen LogP contribution in [0.15, 0.2) is 97.3 Å². The second-order valence-electron chi connectivity index (χ2n) is 10.4. The van der Waals surface area contributed by atoms with Crippen LogP contribution in [-0.2, 0) is 22.6 Å². The average molecular weight is 585 g/mol. The third kappa shape index (κ3) is 7.45. The Kier molecular flexibility index (Phi) is 10.4. The van der Waals surface area contributed by atoms with Crippen molar-refractivity contribution in [2.24, 2.45) is 5.92 Å². The van der Waals surface area contributed by atoms with E-state index in [2.05, 4.69) is 41.5 Å². The van der Waals surface area contributed by atoms with Gasteiger partial charge in [-0.1, -0.05) is 67.6 Å². The maximum absolute atomic E-state index is 12.5. The zero-order valence-corrected chi connectivity index (χ0v) is 24.4. The second-order valence-corrected chi connectivity index (χ2v) is 11.5. The topological polar surface area (TPSA) is 101 Å². The van der Waals surface area contributed by atoms with Gasteiger partial charge in [-0.25, -0.2) is 0 Å². The molecular formula is C34H36N2O5S. The van der Waals surface area contributed by atoms with Gasteiger partial charge in [0, 0.05) is 41.9 Å². The third-order valence-corrected chi connectivity index (χ3v) is 8.47. The Morgan fingerprint density at radius 3 is 2.43 bits per heavy atom. The van der Waals surface area contributed by atoms with Gasteiger partial charge in [-0.3, -0.25) is 9.78 Å². The molecule has 0 spiro atoms. The van der Waals surface area contributed by atoms with Gasteiger partial charge in [0.15, 0.2) is 6.29 Å². The van der Waals surface area contributed by atoms with Crippen molar-refractivity contribution in [3.05, 3.63) is 125 Å². The molecule has 1 saturated heterocycles. The van der Waals surface area contributed by atoms with Crippen LogP contribution in [0.4, 0.5) is 0 Å². The van der Waals surface area contributed by atoms with Crippen LogP contribution in [0.25, 0.3) is 11.1 Å². The van der Waals surface area contributed by atoms with E-state index in [0.29, 0.717) is 17.9 Å². The zero-order chi connectivity index (χ0) is 29.3. The monoisotopic (exact) mass is 584 g/mol. The van der Waals surface area contributed by atoms with Crippen molar-refractivity contribution in [3.63, 3.8) is 0 Å². The van der Waals surface area contributed by atoms with Gasteiger partial charge in [-0.15, -0.1) is 0 Å². The minimum absolute atomic E-state index is 0.00160. The lowest BCUT2D eigenvalue weighted by molar-refractivity contribution is -0.268. The molecular weight excluding hydrogens is 548 g/mol. The first-order valence-corrected chi connectivity index (χ1v) is 15.3. The lowest BCUT2D eigenvalue weighted by Crippen LogP contribution is -2.38. The molecule has 0 unspecified atom stereocenters. The number of carbonyl (C=O) groups is 1. The van der Waals surface area contributed by atoms with Gasteiger partial charge >= 0.3 is 0 Å². The summed E-state index contributed by atoms with van der Waals surface area (Å²) in [7, 11) is 0. The molecule has 1 aromatic heterocycles. The summed E-state index contributed by atoms with van der Waals surface area (Å²) in [4.78, 5) is 16.5. The number of carbonyl (C=O) groups excluding carboxylic acids is 1. The van der Waals surface area contributed by atoms with Crippen LogP contribution in [0.5, 0.6) is 0 Å². The largest absolute Gasteiger partial charge is 0.396 e. The minimum atomic E-state index is -0.564. The molecule has 3 N–H and O–H groups in total. The molecule has 8 heteroatoms. The number of amides is 1. The molecule has 1 amide bonds. The number of hydrogen-bond donors (Lipinski definition) is 3. The molecule has 0 saturated carbocycles. The van der Waals surface area contributed by atoms with E-state index < -0.39 is 6.29 Å². The molecule has 3 aromatic carbocycles. The zero-order valence-electron chi connectivity index (χ0n) is 23.6. The van der Waals surface area contributed by atoms with Crippen LogP contribution in [0.3, 0.4) is 0 Å². The summed E-state index contributed by atoms with van der Waals surface area (Å²) >= 11 is 1.67. The summed E-state index contributed by atoms with van der Waals surface area (Å²) in [6, 6.07) is 27.7. The Morgan fingerprint density at radius 1 is 0.905 bits per heavy atom. The molecule has 1 aliphatic heterocycles. The molecule has 0 radical (unpaired) electrons. The highest BCUT2D eigenvalue weighted by Gasteiger charge is 2.38. The highest BCUT2D eigenvalue weighted by molar-refractivity contribution is 7.99. The number of aliphatic hydroxyl groups excluding tert-OH is 2. The fourth-order valence-corrected chi connectivity index (χ4v) is 5.99. The first-order valence-electron chi connectivity index (χ1n) is 14.1. The summed E-state index contributed by atoms with van der Waals surface area (Å²) in [6.07, 6.45) is 2.37. The molecule has 1 fully saturated rings. The van der Waals surface area contributed by atoms with E-state index in [0.717, 1.165) is 39.1 Å². The summed E-state index contributed by atoms with van der Waals surface area (Å²) in [5, 5.41) is 21.8. The summed E-state index contributed by atoms with van der Waals surface area (Å²) in [6.45, 7) is 2.67. The van der Waals surface area contributed by atoms with Gasteiger partial charge < -0.3 is 25.0 Å². The molecule has 0 aliphatic carbocycles. The Balaban J connectivity index is 1.35. The van der Waals surface area contributed by atoms with E-state index in [-0.39, 0.29) is 37.2 Å². The minimum Gasteiger partial charge on any atom is -0.396 e. The molecule has 4 aromatic rings. The van der Waals surface area contributed by atoms with Gasteiger partial charge in [0.2, 0.25) is 0 Å². The Morgan fingerprint density at radius 2 is 1.69 bits per heavy atom. The Labute approximate surface area is 250 Å². The summed E-state index contributed by atoms with van der Waals surface area (Å²) in [5.74, 6) is 1.33.